The number of nitriles is 1. The van der Waals surface area contributed by atoms with Crippen molar-refractivity contribution in [2.24, 2.45) is 0 Å². The van der Waals surface area contributed by atoms with E-state index in [9.17, 15) is 0 Å². The van der Waals surface area contributed by atoms with E-state index in [0.717, 1.165) is 5.56 Å². The molecule has 0 amide bonds. The minimum absolute atomic E-state index is 0.0902. The third-order valence-electron chi connectivity index (χ3n) is 1.59. The summed E-state index contributed by atoms with van der Waals surface area (Å²) in [6.07, 6.45) is 3.04. The van der Waals surface area contributed by atoms with Crippen molar-refractivity contribution in [2.75, 3.05) is 0 Å². The minimum Gasteiger partial charge on any atom is -0.392 e. The van der Waals surface area contributed by atoms with E-state index in [1.54, 1.807) is 24.3 Å². The number of hydrogen-bond donors (Lipinski definition) is 1. The summed E-state index contributed by atoms with van der Waals surface area (Å²) in [6, 6.07) is 7.12. The Balaban J connectivity index is 3.01. The summed E-state index contributed by atoms with van der Waals surface area (Å²) >= 11 is 5.78. The molecule has 1 rings (SSSR count). The van der Waals surface area contributed by atoms with Crippen LogP contribution >= 0.6 is 11.6 Å². The second-order valence-electron chi connectivity index (χ2n) is 2.47. The Kier molecular flexibility index (Phi) is 3.51. The van der Waals surface area contributed by atoms with E-state index in [0.29, 0.717) is 10.6 Å². The summed E-state index contributed by atoms with van der Waals surface area (Å²) in [6.45, 7) is -0.0902. The molecule has 1 N–H and O–H groups in total. The number of aliphatic hydroxyl groups excluding tert-OH is 1. The van der Waals surface area contributed by atoms with Crippen LogP contribution in [0.3, 0.4) is 0 Å². The molecule has 0 fully saturated rings. The predicted octanol–water partition coefficient (Wildman–Crippen LogP) is 2.37. The van der Waals surface area contributed by atoms with Crippen LogP contribution in [0.2, 0.25) is 5.02 Å². The van der Waals surface area contributed by atoms with Crippen molar-refractivity contribution < 1.29 is 5.11 Å². The van der Waals surface area contributed by atoms with Crippen molar-refractivity contribution in [3.05, 3.63) is 40.4 Å². The lowest BCUT2D eigenvalue weighted by atomic mass is 10.1. The van der Waals surface area contributed by atoms with Crippen LogP contribution in [0.4, 0.5) is 0 Å². The fraction of sp³-hybridized carbons (Fsp3) is 0.100. The summed E-state index contributed by atoms with van der Waals surface area (Å²) in [4.78, 5) is 0. The van der Waals surface area contributed by atoms with Gasteiger partial charge in [0, 0.05) is 11.1 Å². The van der Waals surface area contributed by atoms with Gasteiger partial charge in [0.1, 0.15) is 0 Å². The number of aliphatic hydroxyl groups is 1. The number of allylic oxidation sites excluding steroid dienone is 1. The van der Waals surface area contributed by atoms with Crippen LogP contribution in [0.25, 0.3) is 6.08 Å². The average molecular weight is 194 g/mol. The zero-order valence-corrected chi connectivity index (χ0v) is 7.62. The first-order valence-electron chi connectivity index (χ1n) is 3.73. The molecular formula is C10H8ClNO. The highest BCUT2D eigenvalue weighted by Crippen LogP contribution is 2.18. The second kappa shape index (κ2) is 4.66. The third kappa shape index (κ3) is 2.59. The molecule has 13 heavy (non-hydrogen) atoms. The Hall–Kier alpha value is -1.30. The molecule has 1 aromatic carbocycles. The fourth-order valence-corrected chi connectivity index (χ4v) is 1.13. The van der Waals surface area contributed by atoms with Crippen LogP contribution < -0.4 is 0 Å². The third-order valence-corrected chi connectivity index (χ3v) is 1.96. The number of benzene rings is 1. The largest absolute Gasteiger partial charge is 0.392 e. The van der Waals surface area contributed by atoms with E-state index in [2.05, 4.69) is 0 Å². The number of nitrogens with zero attached hydrogens (tertiary/aromatic N) is 1. The smallest absolute Gasteiger partial charge is 0.0912 e. The van der Waals surface area contributed by atoms with Crippen LogP contribution in [0.1, 0.15) is 11.1 Å². The Morgan fingerprint density at radius 1 is 1.54 bits per heavy atom. The van der Waals surface area contributed by atoms with Gasteiger partial charge in [-0.25, -0.2) is 0 Å². The van der Waals surface area contributed by atoms with Crippen LogP contribution in [0.15, 0.2) is 24.3 Å². The van der Waals surface area contributed by atoms with Crippen LogP contribution in [-0.2, 0) is 6.61 Å². The van der Waals surface area contributed by atoms with Crippen molar-refractivity contribution in [3.8, 4) is 6.07 Å². The standard InChI is InChI=1S/C10H8ClNO/c11-10-4-3-8(2-1-5-12)6-9(10)7-13/h1-4,6,13H,7H2. The molecule has 0 unspecified atom stereocenters. The Morgan fingerprint density at radius 2 is 2.31 bits per heavy atom. The van der Waals surface area contributed by atoms with Gasteiger partial charge in [0.2, 0.25) is 0 Å². The Morgan fingerprint density at radius 3 is 2.92 bits per heavy atom. The SMILES string of the molecule is N#CC=Cc1ccc(Cl)c(CO)c1. The first-order chi connectivity index (χ1) is 6.27. The molecule has 66 valence electrons. The molecule has 0 heterocycles. The first kappa shape index (κ1) is 9.79. The molecule has 0 radical (unpaired) electrons. The highest BCUT2D eigenvalue weighted by Gasteiger charge is 1.98. The highest BCUT2D eigenvalue weighted by atomic mass is 35.5. The van der Waals surface area contributed by atoms with E-state index in [-0.39, 0.29) is 6.61 Å². The van der Waals surface area contributed by atoms with Crippen molar-refractivity contribution in [1.82, 2.24) is 0 Å². The molecule has 0 aliphatic rings. The molecule has 0 aromatic heterocycles. The summed E-state index contributed by atoms with van der Waals surface area (Å²) in [7, 11) is 0. The number of rotatable bonds is 2. The second-order valence-corrected chi connectivity index (χ2v) is 2.88. The predicted molar refractivity (Wildman–Crippen MR) is 52.0 cm³/mol. The van der Waals surface area contributed by atoms with Crippen LogP contribution in [0.5, 0.6) is 0 Å². The number of halogens is 1. The molecular weight excluding hydrogens is 186 g/mol. The Labute approximate surface area is 81.7 Å². The highest BCUT2D eigenvalue weighted by molar-refractivity contribution is 6.31. The maximum Gasteiger partial charge on any atom is 0.0912 e. The van der Waals surface area contributed by atoms with E-state index in [1.807, 2.05) is 6.07 Å². The van der Waals surface area contributed by atoms with Gasteiger partial charge in [-0.3, -0.25) is 0 Å². The van der Waals surface area contributed by atoms with Crippen molar-refractivity contribution in [2.45, 2.75) is 6.61 Å². The van der Waals surface area contributed by atoms with E-state index in [4.69, 9.17) is 22.0 Å². The van der Waals surface area contributed by atoms with Crippen LogP contribution in [0, 0.1) is 11.3 Å². The lowest BCUT2D eigenvalue weighted by molar-refractivity contribution is 0.282. The van der Waals surface area contributed by atoms with Gasteiger partial charge in [0.15, 0.2) is 0 Å². The van der Waals surface area contributed by atoms with E-state index < -0.39 is 0 Å². The normalized spacial score (nSPS) is 10.2. The summed E-state index contributed by atoms with van der Waals surface area (Å²) in [5.74, 6) is 0. The summed E-state index contributed by atoms with van der Waals surface area (Å²) in [5, 5.41) is 17.7. The van der Waals surface area contributed by atoms with Crippen molar-refractivity contribution >= 4 is 17.7 Å². The van der Waals surface area contributed by atoms with E-state index in [1.165, 1.54) is 6.08 Å². The van der Waals surface area contributed by atoms with Crippen molar-refractivity contribution in [1.29, 1.82) is 5.26 Å². The minimum atomic E-state index is -0.0902. The molecule has 0 aliphatic carbocycles. The van der Waals surface area contributed by atoms with Crippen LogP contribution in [-0.4, -0.2) is 5.11 Å². The van der Waals surface area contributed by atoms with Gasteiger partial charge in [0.05, 0.1) is 12.7 Å². The van der Waals surface area contributed by atoms with Gasteiger partial charge in [-0.1, -0.05) is 17.7 Å². The van der Waals surface area contributed by atoms with Gasteiger partial charge in [-0.2, -0.15) is 5.26 Å². The molecule has 0 saturated carbocycles. The quantitative estimate of drug-likeness (QED) is 0.733. The van der Waals surface area contributed by atoms with Gasteiger partial charge in [-0.15, -0.1) is 0 Å². The molecule has 0 aliphatic heterocycles. The van der Waals surface area contributed by atoms with E-state index >= 15 is 0 Å². The lowest BCUT2D eigenvalue weighted by Crippen LogP contribution is -1.85. The fourth-order valence-electron chi connectivity index (χ4n) is 0.953. The van der Waals surface area contributed by atoms with Crippen molar-refractivity contribution in [3.63, 3.8) is 0 Å². The van der Waals surface area contributed by atoms with Gasteiger partial charge in [-0.05, 0) is 29.3 Å². The molecule has 2 nitrogen and oxygen atoms in total. The molecule has 0 saturated heterocycles. The Bertz CT molecular complexity index is 366. The molecule has 0 spiro atoms. The summed E-state index contributed by atoms with van der Waals surface area (Å²) in [5.41, 5.74) is 1.52. The van der Waals surface area contributed by atoms with Gasteiger partial charge >= 0.3 is 0 Å². The van der Waals surface area contributed by atoms with Gasteiger partial charge < -0.3 is 5.11 Å². The monoisotopic (exact) mass is 193 g/mol. The zero-order valence-electron chi connectivity index (χ0n) is 6.87. The summed E-state index contributed by atoms with van der Waals surface area (Å²) < 4.78 is 0. The molecule has 3 heteroatoms. The topological polar surface area (TPSA) is 44.0 Å². The maximum absolute atomic E-state index is 8.89. The molecule has 1 aromatic rings. The maximum atomic E-state index is 8.89. The molecule has 0 bridgehead atoms. The zero-order chi connectivity index (χ0) is 9.68. The van der Waals surface area contributed by atoms with Gasteiger partial charge in [0.25, 0.3) is 0 Å². The number of hydrogen-bond acceptors (Lipinski definition) is 2. The average Bonchev–Trinajstić information content (AvgIpc) is 2.16. The lowest BCUT2D eigenvalue weighted by Gasteiger charge is -2.00. The first-order valence-corrected chi connectivity index (χ1v) is 4.11. The molecule has 0 atom stereocenters.